The fraction of sp³-hybridized carbons (Fsp3) is 0.200. The molecule has 4 amide bonds. The number of sulfone groups is 1. The Kier molecular flexibility index (Phi) is 6.18. The minimum Gasteiger partial charge on any atom is -0.343 e. The molecule has 39 heavy (non-hydrogen) atoms. The smallest absolute Gasteiger partial charge is 0.343 e. The van der Waals surface area contributed by atoms with Crippen molar-refractivity contribution in [1.82, 2.24) is 15.6 Å². The SMILES string of the molecule is O=C(NC1(Cc2ccncc2)CC12NC(=O)N(c1ccc(S(=O)(=O)C(F)(F)F)cc1)C2=O)c1ccc(Cl)cc1. The Hall–Kier alpha value is -3.97. The lowest BCUT2D eigenvalue weighted by Gasteiger charge is -2.23. The van der Waals surface area contributed by atoms with Crippen LogP contribution in [0.15, 0.2) is 78.0 Å². The molecule has 1 spiro atoms. The van der Waals surface area contributed by atoms with Gasteiger partial charge < -0.3 is 10.6 Å². The van der Waals surface area contributed by atoms with Crippen molar-refractivity contribution in [3.05, 3.63) is 89.2 Å². The summed E-state index contributed by atoms with van der Waals surface area (Å²) in [6, 6.07) is 11.8. The lowest BCUT2D eigenvalue weighted by molar-refractivity contribution is -0.119. The second-order valence-corrected chi connectivity index (χ2v) is 11.5. The summed E-state index contributed by atoms with van der Waals surface area (Å²) in [5.74, 6) is -1.26. The van der Waals surface area contributed by atoms with Gasteiger partial charge in [-0.25, -0.2) is 18.1 Å². The van der Waals surface area contributed by atoms with Gasteiger partial charge in [0.2, 0.25) is 0 Å². The number of nitrogens with one attached hydrogen (secondary N) is 2. The molecule has 2 atom stereocenters. The number of halogens is 4. The number of imide groups is 1. The number of alkyl halides is 3. The van der Waals surface area contributed by atoms with Gasteiger partial charge >= 0.3 is 11.5 Å². The van der Waals surface area contributed by atoms with Gasteiger partial charge in [0.15, 0.2) is 0 Å². The van der Waals surface area contributed by atoms with Crippen LogP contribution in [-0.4, -0.2) is 47.8 Å². The van der Waals surface area contributed by atoms with Gasteiger partial charge in [0.05, 0.1) is 16.1 Å². The molecule has 0 bridgehead atoms. The zero-order valence-corrected chi connectivity index (χ0v) is 21.3. The molecule has 5 rings (SSSR count). The molecule has 2 N–H and O–H groups in total. The van der Waals surface area contributed by atoms with Crippen molar-refractivity contribution in [3.8, 4) is 0 Å². The first-order valence-corrected chi connectivity index (χ1v) is 13.2. The Balaban J connectivity index is 1.46. The van der Waals surface area contributed by atoms with Gasteiger partial charge in [0.1, 0.15) is 5.54 Å². The molecule has 1 saturated carbocycles. The third-order valence-corrected chi connectivity index (χ3v) is 8.53. The molecule has 2 fully saturated rings. The minimum absolute atomic E-state index is 0.0310. The molecule has 1 saturated heterocycles. The summed E-state index contributed by atoms with van der Waals surface area (Å²) < 4.78 is 62.1. The van der Waals surface area contributed by atoms with E-state index in [1.165, 1.54) is 36.7 Å². The van der Waals surface area contributed by atoms with Crippen molar-refractivity contribution < 1.29 is 36.0 Å². The maximum Gasteiger partial charge on any atom is 0.501 e. The van der Waals surface area contributed by atoms with Gasteiger partial charge in [0, 0.05) is 29.4 Å². The number of amides is 4. The van der Waals surface area contributed by atoms with Gasteiger partial charge in [-0.3, -0.25) is 14.6 Å². The predicted molar refractivity (Wildman–Crippen MR) is 133 cm³/mol. The summed E-state index contributed by atoms with van der Waals surface area (Å²) in [5, 5.41) is 5.94. The van der Waals surface area contributed by atoms with Crippen LogP contribution in [0, 0.1) is 0 Å². The zero-order valence-electron chi connectivity index (χ0n) is 19.7. The molecule has 3 aromatic rings. The molecule has 1 aliphatic carbocycles. The number of urea groups is 1. The molecule has 2 aliphatic rings. The van der Waals surface area contributed by atoms with E-state index in [2.05, 4.69) is 15.6 Å². The highest BCUT2D eigenvalue weighted by Gasteiger charge is 2.78. The van der Waals surface area contributed by atoms with E-state index in [9.17, 15) is 36.0 Å². The Morgan fingerprint density at radius 1 is 1.03 bits per heavy atom. The molecule has 14 heteroatoms. The first kappa shape index (κ1) is 26.6. The van der Waals surface area contributed by atoms with Crippen molar-refractivity contribution in [2.75, 3.05) is 4.90 Å². The third-order valence-electron chi connectivity index (χ3n) is 6.77. The largest absolute Gasteiger partial charge is 0.501 e. The van der Waals surface area contributed by atoms with E-state index < -0.39 is 49.2 Å². The first-order chi connectivity index (χ1) is 18.3. The Morgan fingerprint density at radius 3 is 2.23 bits per heavy atom. The number of aromatic nitrogens is 1. The predicted octanol–water partition coefficient (Wildman–Crippen LogP) is 3.64. The number of anilines is 1. The first-order valence-electron chi connectivity index (χ1n) is 11.3. The summed E-state index contributed by atoms with van der Waals surface area (Å²) >= 11 is 5.91. The maximum atomic E-state index is 13.7. The highest BCUT2D eigenvalue weighted by molar-refractivity contribution is 7.92. The van der Waals surface area contributed by atoms with Crippen molar-refractivity contribution in [2.45, 2.75) is 34.3 Å². The normalized spacial score (nSPS) is 22.6. The van der Waals surface area contributed by atoms with Crippen LogP contribution in [-0.2, 0) is 21.1 Å². The molecule has 1 aliphatic heterocycles. The van der Waals surface area contributed by atoms with Gasteiger partial charge in [-0.1, -0.05) is 11.6 Å². The van der Waals surface area contributed by atoms with Gasteiger partial charge in [-0.15, -0.1) is 0 Å². The highest BCUT2D eigenvalue weighted by atomic mass is 35.5. The van der Waals surface area contributed by atoms with Crippen molar-refractivity contribution in [2.24, 2.45) is 0 Å². The molecule has 0 radical (unpaired) electrons. The van der Waals surface area contributed by atoms with Crippen molar-refractivity contribution in [1.29, 1.82) is 0 Å². The standard InChI is InChI=1S/C25H18ClF3N4O5S/c26-17-3-1-16(2-4-17)20(34)31-23(13-15-9-11-30-12-10-15)14-24(23)21(35)33(22(36)32-24)18-5-7-19(8-6-18)39(37,38)25(27,28)29/h1-12H,13-14H2,(H,31,34)(H,32,36). The number of carbonyl (C=O) groups is 3. The summed E-state index contributed by atoms with van der Waals surface area (Å²) in [7, 11) is -5.61. The van der Waals surface area contributed by atoms with Crippen LogP contribution in [0.5, 0.6) is 0 Å². The number of hydrogen-bond acceptors (Lipinski definition) is 6. The van der Waals surface area contributed by atoms with E-state index in [0.717, 1.165) is 17.7 Å². The van der Waals surface area contributed by atoms with E-state index in [0.29, 0.717) is 22.1 Å². The van der Waals surface area contributed by atoms with Gasteiger partial charge in [-0.2, -0.15) is 13.2 Å². The molecule has 202 valence electrons. The van der Waals surface area contributed by atoms with Crippen LogP contribution in [0.2, 0.25) is 5.02 Å². The Morgan fingerprint density at radius 2 is 1.64 bits per heavy atom. The lowest BCUT2D eigenvalue weighted by atomic mass is 9.98. The van der Waals surface area contributed by atoms with Crippen LogP contribution >= 0.6 is 11.6 Å². The topological polar surface area (TPSA) is 126 Å². The Bertz CT molecular complexity index is 1580. The fourth-order valence-electron chi connectivity index (χ4n) is 4.72. The molecular formula is C25H18ClF3N4O5S. The van der Waals surface area contributed by atoms with Gasteiger partial charge in [0.25, 0.3) is 21.7 Å². The number of carbonyl (C=O) groups excluding carboxylic acids is 3. The lowest BCUT2D eigenvalue weighted by Crippen LogP contribution is -2.52. The average Bonchev–Trinajstić information content (AvgIpc) is 3.41. The van der Waals surface area contributed by atoms with E-state index in [1.54, 1.807) is 12.1 Å². The Labute approximate surface area is 224 Å². The minimum atomic E-state index is -5.61. The number of hydrogen-bond donors (Lipinski definition) is 2. The molecule has 1 aromatic heterocycles. The molecule has 2 heterocycles. The second kappa shape index (κ2) is 9.06. The summed E-state index contributed by atoms with van der Waals surface area (Å²) in [5.41, 5.74) is -7.45. The average molecular weight is 579 g/mol. The highest BCUT2D eigenvalue weighted by Crippen LogP contribution is 2.54. The summed E-state index contributed by atoms with van der Waals surface area (Å²) in [6.07, 6.45) is 3.26. The van der Waals surface area contributed by atoms with Crippen LogP contribution in [0.25, 0.3) is 0 Å². The maximum absolute atomic E-state index is 13.7. The number of nitrogens with zero attached hydrogens (tertiary/aromatic N) is 2. The third kappa shape index (κ3) is 4.40. The fourth-order valence-corrected chi connectivity index (χ4v) is 5.61. The van der Waals surface area contributed by atoms with Crippen LogP contribution in [0.1, 0.15) is 22.3 Å². The van der Waals surface area contributed by atoms with Crippen LogP contribution in [0.4, 0.5) is 23.7 Å². The number of benzene rings is 2. The number of rotatable bonds is 6. The van der Waals surface area contributed by atoms with Crippen molar-refractivity contribution >= 4 is 45.0 Å². The van der Waals surface area contributed by atoms with Crippen LogP contribution < -0.4 is 15.5 Å². The monoisotopic (exact) mass is 578 g/mol. The molecular weight excluding hydrogens is 561 g/mol. The van der Waals surface area contributed by atoms with E-state index >= 15 is 0 Å². The van der Waals surface area contributed by atoms with Crippen LogP contribution in [0.3, 0.4) is 0 Å². The summed E-state index contributed by atoms with van der Waals surface area (Å²) in [6.45, 7) is 0. The van der Waals surface area contributed by atoms with Crippen molar-refractivity contribution in [3.63, 3.8) is 0 Å². The van der Waals surface area contributed by atoms with E-state index in [4.69, 9.17) is 11.6 Å². The van der Waals surface area contributed by atoms with Gasteiger partial charge in [-0.05, 0) is 72.6 Å². The second-order valence-electron chi connectivity index (χ2n) is 9.17. The zero-order chi connectivity index (χ0) is 28.2. The quantitative estimate of drug-likeness (QED) is 0.430. The molecule has 9 nitrogen and oxygen atoms in total. The molecule has 2 unspecified atom stereocenters. The molecule has 2 aromatic carbocycles. The summed E-state index contributed by atoms with van der Waals surface area (Å²) in [4.78, 5) is 43.4. The van der Waals surface area contributed by atoms with E-state index in [-0.39, 0.29) is 24.1 Å². The van der Waals surface area contributed by atoms with E-state index in [1.807, 2.05) is 0 Å². The number of pyridine rings is 1.